The van der Waals surface area contributed by atoms with E-state index in [1.807, 2.05) is 0 Å². The Balaban J connectivity index is 2.29. The minimum absolute atomic E-state index is 0.00652. The molecule has 1 aliphatic rings. The average Bonchev–Trinajstić information content (AvgIpc) is 2.29. The number of nitrogens with one attached hydrogen (secondary N) is 2. The first kappa shape index (κ1) is 14.4. The van der Waals surface area contributed by atoms with Crippen molar-refractivity contribution in [2.75, 3.05) is 46.8 Å². The fourth-order valence-corrected chi connectivity index (χ4v) is 2.11. The highest BCUT2D eigenvalue weighted by atomic mass is 32.2. The molecule has 8 heteroatoms. The molecule has 1 rings (SSSR count). The molecule has 2 N–H and O–H groups in total. The van der Waals surface area contributed by atoms with E-state index in [1.165, 1.54) is 14.1 Å². The molecular formula is C9H20N4O3S. The van der Waals surface area contributed by atoms with Gasteiger partial charge >= 0.3 is 0 Å². The molecule has 0 aromatic rings. The van der Waals surface area contributed by atoms with Gasteiger partial charge in [0, 0.05) is 53.2 Å². The quantitative estimate of drug-likeness (QED) is 0.614. The zero-order valence-electron chi connectivity index (χ0n) is 10.3. The van der Waals surface area contributed by atoms with Crippen LogP contribution in [0, 0.1) is 0 Å². The molecule has 0 aromatic carbocycles. The third-order valence-electron chi connectivity index (χ3n) is 2.57. The van der Waals surface area contributed by atoms with Gasteiger partial charge in [0.15, 0.2) is 0 Å². The van der Waals surface area contributed by atoms with Gasteiger partial charge in [0.25, 0.3) is 10.2 Å². The highest BCUT2D eigenvalue weighted by molar-refractivity contribution is 7.87. The van der Waals surface area contributed by atoms with E-state index in [1.54, 1.807) is 4.90 Å². The van der Waals surface area contributed by atoms with E-state index in [-0.39, 0.29) is 18.9 Å². The van der Waals surface area contributed by atoms with E-state index in [2.05, 4.69) is 10.0 Å². The summed E-state index contributed by atoms with van der Waals surface area (Å²) < 4.78 is 26.2. The van der Waals surface area contributed by atoms with Crippen molar-refractivity contribution in [2.45, 2.75) is 6.42 Å². The molecule has 1 amide bonds. The Morgan fingerprint density at radius 2 is 1.94 bits per heavy atom. The van der Waals surface area contributed by atoms with E-state index < -0.39 is 10.2 Å². The largest absolute Gasteiger partial charge is 0.340 e. The van der Waals surface area contributed by atoms with Gasteiger partial charge in [-0.1, -0.05) is 0 Å². The molecule has 0 aromatic heterocycles. The lowest BCUT2D eigenvalue weighted by atomic mass is 10.3. The number of amides is 1. The second-order valence-corrected chi connectivity index (χ2v) is 6.03. The van der Waals surface area contributed by atoms with Crippen LogP contribution in [0.5, 0.6) is 0 Å². The number of carbonyl (C=O) groups excluding carboxylic acids is 1. The summed E-state index contributed by atoms with van der Waals surface area (Å²) in [5.74, 6) is -0.00652. The van der Waals surface area contributed by atoms with Crippen molar-refractivity contribution in [2.24, 2.45) is 0 Å². The molecule has 100 valence electrons. The number of hydrogen-bond donors (Lipinski definition) is 2. The predicted molar refractivity (Wildman–Crippen MR) is 64.7 cm³/mol. The van der Waals surface area contributed by atoms with Crippen LogP contribution in [0.1, 0.15) is 6.42 Å². The van der Waals surface area contributed by atoms with Crippen LogP contribution in [0.2, 0.25) is 0 Å². The van der Waals surface area contributed by atoms with Crippen molar-refractivity contribution in [1.82, 2.24) is 19.2 Å². The number of piperazine rings is 1. The Kier molecular flexibility index (Phi) is 5.31. The van der Waals surface area contributed by atoms with Crippen molar-refractivity contribution in [3.63, 3.8) is 0 Å². The molecule has 1 fully saturated rings. The first-order valence-electron chi connectivity index (χ1n) is 5.59. The minimum Gasteiger partial charge on any atom is -0.340 e. The predicted octanol–water partition coefficient (Wildman–Crippen LogP) is -1.80. The minimum atomic E-state index is -3.42. The van der Waals surface area contributed by atoms with E-state index in [0.717, 1.165) is 17.4 Å². The Morgan fingerprint density at radius 1 is 1.35 bits per heavy atom. The fraction of sp³-hybridized carbons (Fsp3) is 0.889. The summed E-state index contributed by atoms with van der Waals surface area (Å²) >= 11 is 0. The molecule has 1 saturated heterocycles. The molecule has 0 bridgehead atoms. The highest BCUT2D eigenvalue weighted by Crippen LogP contribution is 1.97. The maximum absolute atomic E-state index is 11.7. The molecular weight excluding hydrogens is 244 g/mol. The lowest BCUT2D eigenvalue weighted by molar-refractivity contribution is -0.131. The fourth-order valence-electron chi connectivity index (χ4n) is 1.49. The van der Waals surface area contributed by atoms with Crippen LogP contribution in [0.25, 0.3) is 0 Å². The first-order chi connectivity index (χ1) is 7.93. The average molecular weight is 264 g/mol. The van der Waals surface area contributed by atoms with Crippen molar-refractivity contribution in [3.05, 3.63) is 0 Å². The number of rotatable bonds is 5. The van der Waals surface area contributed by atoms with Gasteiger partial charge in [0.1, 0.15) is 0 Å². The third-order valence-corrected chi connectivity index (χ3v) is 4.10. The third kappa shape index (κ3) is 4.58. The van der Waals surface area contributed by atoms with E-state index in [9.17, 15) is 13.2 Å². The molecule has 17 heavy (non-hydrogen) atoms. The second kappa shape index (κ2) is 6.29. The molecule has 0 atom stereocenters. The monoisotopic (exact) mass is 264 g/mol. The molecule has 0 radical (unpaired) electrons. The summed E-state index contributed by atoms with van der Waals surface area (Å²) in [6, 6.07) is 0. The van der Waals surface area contributed by atoms with E-state index in [0.29, 0.717) is 13.1 Å². The number of nitrogens with zero attached hydrogens (tertiary/aromatic N) is 2. The molecule has 1 heterocycles. The number of hydrogen-bond acceptors (Lipinski definition) is 4. The van der Waals surface area contributed by atoms with Crippen LogP contribution in [-0.2, 0) is 15.0 Å². The van der Waals surface area contributed by atoms with Gasteiger partial charge in [0.2, 0.25) is 5.91 Å². The van der Waals surface area contributed by atoms with Crippen LogP contribution >= 0.6 is 0 Å². The lowest BCUT2D eigenvalue weighted by Crippen LogP contribution is -2.47. The van der Waals surface area contributed by atoms with Gasteiger partial charge in [-0.2, -0.15) is 12.7 Å². The zero-order chi connectivity index (χ0) is 12.9. The molecule has 1 aliphatic heterocycles. The standard InChI is InChI=1S/C9H20N4O3S/c1-12(2)17(15,16)11-4-3-9(14)13-7-5-10-6-8-13/h10-11H,3-8H2,1-2H3. The SMILES string of the molecule is CN(C)S(=O)(=O)NCCC(=O)N1CCNCC1. The summed E-state index contributed by atoms with van der Waals surface area (Å²) in [7, 11) is -0.535. The van der Waals surface area contributed by atoms with Crippen LogP contribution in [0.15, 0.2) is 0 Å². The van der Waals surface area contributed by atoms with Crippen LogP contribution in [-0.4, -0.2) is 70.3 Å². The Morgan fingerprint density at radius 3 is 2.47 bits per heavy atom. The summed E-state index contributed by atoms with van der Waals surface area (Å²) in [6.07, 6.45) is 0.201. The van der Waals surface area contributed by atoms with Crippen molar-refractivity contribution < 1.29 is 13.2 Å². The molecule has 0 aliphatic carbocycles. The topological polar surface area (TPSA) is 81.8 Å². The van der Waals surface area contributed by atoms with Crippen molar-refractivity contribution >= 4 is 16.1 Å². The lowest BCUT2D eigenvalue weighted by Gasteiger charge is -2.27. The zero-order valence-corrected chi connectivity index (χ0v) is 11.1. The smallest absolute Gasteiger partial charge is 0.278 e. The summed E-state index contributed by atoms with van der Waals surface area (Å²) in [5, 5.41) is 3.15. The van der Waals surface area contributed by atoms with E-state index in [4.69, 9.17) is 0 Å². The van der Waals surface area contributed by atoms with E-state index >= 15 is 0 Å². The van der Waals surface area contributed by atoms with Gasteiger partial charge < -0.3 is 10.2 Å². The molecule has 7 nitrogen and oxygen atoms in total. The molecule has 0 saturated carbocycles. The Bertz CT molecular complexity index is 349. The van der Waals surface area contributed by atoms with Gasteiger partial charge in [-0.25, -0.2) is 4.72 Å². The number of carbonyl (C=O) groups is 1. The van der Waals surface area contributed by atoms with Crippen LogP contribution < -0.4 is 10.0 Å². The van der Waals surface area contributed by atoms with Crippen molar-refractivity contribution in [3.8, 4) is 0 Å². The summed E-state index contributed by atoms with van der Waals surface area (Å²) in [5.41, 5.74) is 0. The van der Waals surface area contributed by atoms with Crippen LogP contribution in [0.4, 0.5) is 0 Å². The molecule has 0 spiro atoms. The summed E-state index contributed by atoms with van der Waals surface area (Å²) in [6.45, 7) is 3.13. The Hall–Kier alpha value is -0.700. The maximum atomic E-state index is 11.7. The Labute approximate surface area is 102 Å². The second-order valence-electron chi connectivity index (χ2n) is 4.06. The van der Waals surface area contributed by atoms with Gasteiger partial charge in [0.05, 0.1) is 0 Å². The van der Waals surface area contributed by atoms with Gasteiger partial charge in [-0.05, 0) is 0 Å². The first-order valence-corrected chi connectivity index (χ1v) is 7.03. The highest BCUT2D eigenvalue weighted by Gasteiger charge is 2.17. The normalized spacial score (nSPS) is 17.5. The van der Waals surface area contributed by atoms with Crippen molar-refractivity contribution in [1.29, 1.82) is 0 Å². The van der Waals surface area contributed by atoms with Crippen LogP contribution in [0.3, 0.4) is 0 Å². The van der Waals surface area contributed by atoms with Gasteiger partial charge in [-0.15, -0.1) is 0 Å². The molecule has 0 unspecified atom stereocenters. The van der Waals surface area contributed by atoms with Gasteiger partial charge in [-0.3, -0.25) is 4.79 Å². The summed E-state index contributed by atoms with van der Waals surface area (Å²) in [4.78, 5) is 13.5. The maximum Gasteiger partial charge on any atom is 0.278 e.